The van der Waals surface area contributed by atoms with Gasteiger partial charge in [0.15, 0.2) is 0 Å². The standard InChI is InChI=1S/C14H12Cl3NO/c1-14(19,9-4-3-7-18-8-9)13(17)10-5-2-6-11(15)12(10)16/h2-8,13,19H,1H3. The molecule has 2 atom stereocenters. The van der Waals surface area contributed by atoms with E-state index in [9.17, 15) is 5.11 Å². The van der Waals surface area contributed by atoms with Crippen LogP contribution in [0.25, 0.3) is 0 Å². The average Bonchev–Trinajstić information content (AvgIpc) is 2.42. The summed E-state index contributed by atoms with van der Waals surface area (Å²) in [6, 6.07) is 8.68. The lowest BCUT2D eigenvalue weighted by molar-refractivity contribution is 0.0516. The van der Waals surface area contributed by atoms with Gasteiger partial charge in [0.1, 0.15) is 5.60 Å². The molecule has 0 aliphatic rings. The SMILES string of the molecule is CC(O)(c1cccnc1)C(Cl)c1cccc(Cl)c1Cl. The minimum atomic E-state index is -1.30. The molecule has 0 fully saturated rings. The van der Waals surface area contributed by atoms with Crippen LogP contribution >= 0.6 is 34.8 Å². The van der Waals surface area contributed by atoms with E-state index in [2.05, 4.69) is 4.98 Å². The number of alkyl halides is 1. The van der Waals surface area contributed by atoms with Gasteiger partial charge in [-0.1, -0.05) is 41.4 Å². The molecule has 1 aromatic carbocycles. The van der Waals surface area contributed by atoms with Gasteiger partial charge in [-0.2, -0.15) is 0 Å². The molecule has 2 nitrogen and oxygen atoms in total. The molecule has 1 heterocycles. The second-order valence-electron chi connectivity index (χ2n) is 4.39. The summed E-state index contributed by atoms with van der Waals surface area (Å²) in [7, 11) is 0. The Morgan fingerprint density at radius 1 is 1.21 bits per heavy atom. The van der Waals surface area contributed by atoms with Crippen molar-refractivity contribution in [1.82, 2.24) is 4.98 Å². The van der Waals surface area contributed by atoms with E-state index in [0.717, 1.165) is 0 Å². The summed E-state index contributed by atoms with van der Waals surface area (Å²) in [5.41, 5.74) is -0.0971. The minimum absolute atomic E-state index is 0.355. The quantitative estimate of drug-likeness (QED) is 0.841. The number of nitrogens with zero attached hydrogens (tertiary/aromatic N) is 1. The largest absolute Gasteiger partial charge is 0.383 e. The Bertz CT molecular complexity index is 572. The third kappa shape index (κ3) is 2.87. The zero-order valence-corrected chi connectivity index (χ0v) is 12.4. The summed E-state index contributed by atoms with van der Waals surface area (Å²) in [5.74, 6) is 0. The molecular weight excluding hydrogens is 305 g/mol. The molecule has 19 heavy (non-hydrogen) atoms. The number of halogens is 3. The molecule has 0 aliphatic heterocycles. The molecular formula is C14H12Cl3NO. The van der Waals surface area contributed by atoms with Crippen molar-refractivity contribution in [3.8, 4) is 0 Å². The summed E-state index contributed by atoms with van der Waals surface area (Å²) in [6.07, 6.45) is 3.21. The number of rotatable bonds is 3. The molecule has 100 valence electrons. The van der Waals surface area contributed by atoms with Crippen LogP contribution in [0.5, 0.6) is 0 Å². The fourth-order valence-corrected chi connectivity index (χ4v) is 2.61. The number of aliphatic hydroxyl groups is 1. The summed E-state index contributed by atoms with van der Waals surface area (Å²) in [6.45, 7) is 1.62. The van der Waals surface area contributed by atoms with Gasteiger partial charge in [0.25, 0.3) is 0 Å². The van der Waals surface area contributed by atoms with E-state index in [1.807, 2.05) is 0 Å². The van der Waals surface area contributed by atoms with Crippen LogP contribution in [0.15, 0.2) is 42.7 Å². The van der Waals surface area contributed by atoms with E-state index < -0.39 is 11.0 Å². The van der Waals surface area contributed by atoms with Crippen LogP contribution in [-0.2, 0) is 5.60 Å². The van der Waals surface area contributed by atoms with Gasteiger partial charge in [-0.3, -0.25) is 4.98 Å². The predicted molar refractivity (Wildman–Crippen MR) is 78.9 cm³/mol. The predicted octanol–water partition coefficient (Wildman–Crippen LogP) is 4.58. The summed E-state index contributed by atoms with van der Waals surface area (Å²) < 4.78 is 0. The zero-order chi connectivity index (χ0) is 14.0. The minimum Gasteiger partial charge on any atom is -0.383 e. The normalized spacial score (nSPS) is 15.8. The lowest BCUT2D eigenvalue weighted by Gasteiger charge is -2.29. The third-order valence-electron chi connectivity index (χ3n) is 2.99. The highest BCUT2D eigenvalue weighted by molar-refractivity contribution is 6.43. The Hall–Kier alpha value is -0.800. The van der Waals surface area contributed by atoms with Gasteiger partial charge < -0.3 is 5.11 Å². The van der Waals surface area contributed by atoms with Gasteiger partial charge in [0.2, 0.25) is 0 Å². The third-order valence-corrected chi connectivity index (χ3v) is 4.49. The van der Waals surface area contributed by atoms with Gasteiger partial charge in [0, 0.05) is 18.0 Å². The molecule has 0 amide bonds. The second kappa shape index (κ2) is 5.68. The molecule has 1 N–H and O–H groups in total. The fraction of sp³-hybridized carbons (Fsp3) is 0.214. The molecule has 0 radical (unpaired) electrons. The maximum Gasteiger partial charge on any atom is 0.109 e. The van der Waals surface area contributed by atoms with Crippen LogP contribution in [0, 0.1) is 0 Å². The lowest BCUT2D eigenvalue weighted by Crippen LogP contribution is -2.27. The van der Waals surface area contributed by atoms with Gasteiger partial charge in [0.05, 0.1) is 15.4 Å². The smallest absolute Gasteiger partial charge is 0.109 e. The number of hydrogen-bond acceptors (Lipinski definition) is 2. The highest BCUT2D eigenvalue weighted by atomic mass is 35.5. The second-order valence-corrected chi connectivity index (χ2v) is 5.62. The van der Waals surface area contributed by atoms with Crippen molar-refractivity contribution < 1.29 is 5.11 Å². The number of hydrogen-bond donors (Lipinski definition) is 1. The Labute approximate surface area is 127 Å². The van der Waals surface area contributed by atoms with E-state index >= 15 is 0 Å². The monoisotopic (exact) mass is 315 g/mol. The first-order valence-electron chi connectivity index (χ1n) is 5.65. The number of pyridine rings is 1. The van der Waals surface area contributed by atoms with Crippen molar-refractivity contribution in [2.24, 2.45) is 0 Å². The Morgan fingerprint density at radius 3 is 2.58 bits per heavy atom. The van der Waals surface area contributed by atoms with Crippen LogP contribution in [-0.4, -0.2) is 10.1 Å². The number of aromatic nitrogens is 1. The van der Waals surface area contributed by atoms with E-state index in [1.54, 1.807) is 49.6 Å². The fourth-order valence-electron chi connectivity index (χ4n) is 1.83. The summed E-state index contributed by atoms with van der Waals surface area (Å²) >= 11 is 18.5. The molecule has 0 aliphatic carbocycles. The average molecular weight is 317 g/mol. The molecule has 0 bridgehead atoms. The Kier molecular flexibility index (Phi) is 4.36. The first-order valence-corrected chi connectivity index (χ1v) is 6.84. The van der Waals surface area contributed by atoms with Crippen molar-refractivity contribution in [3.05, 3.63) is 63.9 Å². The van der Waals surface area contributed by atoms with Crippen molar-refractivity contribution >= 4 is 34.8 Å². The molecule has 2 rings (SSSR count). The van der Waals surface area contributed by atoms with Crippen molar-refractivity contribution in [2.75, 3.05) is 0 Å². The van der Waals surface area contributed by atoms with E-state index in [1.165, 1.54) is 0 Å². The van der Waals surface area contributed by atoms with Crippen LogP contribution in [0.3, 0.4) is 0 Å². The Balaban J connectivity index is 2.43. The van der Waals surface area contributed by atoms with Crippen molar-refractivity contribution in [2.45, 2.75) is 17.9 Å². The highest BCUT2D eigenvalue weighted by Gasteiger charge is 2.35. The zero-order valence-electron chi connectivity index (χ0n) is 10.1. The molecule has 2 unspecified atom stereocenters. The lowest BCUT2D eigenvalue weighted by atomic mass is 9.89. The number of benzene rings is 1. The molecule has 5 heteroatoms. The molecule has 1 aromatic heterocycles. The molecule has 0 spiro atoms. The van der Waals surface area contributed by atoms with Crippen LogP contribution in [0.1, 0.15) is 23.4 Å². The van der Waals surface area contributed by atoms with E-state index in [0.29, 0.717) is 21.2 Å². The van der Waals surface area contributed by atoms with E-state index in [4.69, 9.17) is 34.8 Å². The maximum absolute atomic E-state index is 10.6. The van der Waals surface area contributed by atoms with Gasteiger partial charge in [-0.25, -0.2) is 0 Å². The van der Waals surface area contributed by atoms with Crippen LogP contribution in [0.2, 0.25) is 10.0 Å². The Morgan fingerprint density at radius 2 is 1.95 bits per heavy atom. The summed E-state index contributed by atoms with van der Waals surface area (Å²) in [5, 5.41) is 10.7. The van der Waals surface area contributed by atoms with Crippen molar-refractivity contribution in [1.29, 1.82) is 0 Å². The van der Waals surface area contributed by atoms with E-state index in [-0.39, 0.29) is 0 Å². The van der Waals surface area contributed by atoms with Gasteiger partial charge >= 0.3 is 0 Å². The molecule has 0 saturated carbocycles. The molecule has 0 saturated heterocycles. The van der Waals surface area contributed by atoms with Crippen molar-refractivity contribution in [3.63, 3.8) is 0 Å². The maximum atomic E-state index is 10.6. The van der Waals surface area contributed by atoms with Gasteiger partial charge in [-0.05, 0) is 24.6 Å². The van der Waals surface area contributed by atoms with Gasteiger partial charge in [-0.15, -0.1) is 11.6 Å². The summed E-state index contributed by atoms with van der Waals surface area (Å²) in [4.78, 5) is 3.99. The highest BCUT2D eigenvalue weighted by Crippen LogP contribution is 2.43. The topological polar surface area (TPSA) is 33.1 Å². The van der Waals surface area contributed by atoms with Crippen LogP contribution < -0.4 is 0 Å². The molecule has 2 aromatic rings. The first-order chi connectivity index (χ1) is 8.94. The first kappa shape index (κ1) is 14.6. The van der Waals surface area contributed by atoms with Crippen LogP contribution in [0.4, 0.5) is 0 Å².